The highest BCUT2D eigenvalue weighted by Gasteiger charge is 2.10. The molecule has 21 heavy (non-hydrogen) atoms. The molecule has 0 saturated carbocycles. The van der Waals surface area contributed by atoms with Crippen molar-refractivity contribution in [1.29, 1.82) is 0 Å². The van der Waals surface area contributed by atoms with E-state index in [1.165, 1.54) is 42.7 Å². The number of likely N-dealkylation sites (tertiary alicyclic amines) is 1. The molecule has 3 heteroatoms. The van der Waals surface area contributed by atoms with Crippen molar-refractivity contribution in [2.24, 2.45) is 0 Å². The average molecular weight is 345 g/mol. The van der Waals surface area contributed by atoms with Gasteiger partial charge >= 0.3 is 0 Å². The molecule has 0 spiro atoms. The quantitative estimate of drug-likeness (QED) is 0.850. The number of hydrogen-bond donors (Lipinski definition) is 1. The maximum Gasteiger partial charge on any atom is 0.0341 e. The molecule has 0 aromatic heterocycles. The molecule has 1 aliphatic heterocycles. The van der Waals surface area contributed by atoms with Gasteiger partial charge in [-0.3, -0.25) is 0 Å². The number of hydrogen-bond acceptors (Lipinski definition) is 2. The summed E-state index contributed by atoms with van der Waals surface area (Å²) in [6.07, 6.45) is 2.73. The van der Waals surface area contributed by atoms with Crippen molar-refractivity contribution < 1.29 is 0 Å². The van der Waals surface area contributed by atoms with Crippen molar-refractivity contribution in [3.63, 3.8) is 0 Å². The smallest absolute Gasteiger partial charge is 0.0341 e. The fraction of sp³-hybridized carbons (Fsp3) is 0.333. The zero-order chi connectivity index (χ0) is 14.5. The van der Waals surface area contributed by atoms with E-state index in [-0.39, 0.29) is 0 Å². The fourth-order valence-corrected chi connectivity index (χ4v) is 3.05. The molecule has 0 amide bonds. The highest BCUT2D eigenvalue weighted by atomic mass is 79.9. The Balaban J connectivity index is 1.55. The third kappa shape index (κ3) is 4.08. The van der Waals surface area contributed by atoms with E-state index >= 15 is 0 Å². The van der Waals surface area contributed by atoms with Crippen LogP contribution in [0.25, 0.3) is 11.1 Å². The highest BCUT2D eigenvalue weighted by molar-refractivity contribution is 9.10. The molecule has 2 aromatic carbocycles. The summed E-state index contributed by atoms with van der Waals surface area (Å²) in [6, 6.07) is 17.1. The Bertz CT molecular complexity index is 557. The summed E-state index contributed by atoms with van der Waals surface area (Å²) in [5.74, 6) is 0. The molecule has 0 radical (unpaired) electrons. The van der Waals surface area contributed by atoms with Crippen LogP contribution in [0.15, 0.2) is 53.0 Å². The van der Waals surface area contributed by atoms with Crippen LogP contribution in [0, 0.1) is 0 Å². The number of nitrogens with zero attached hydrogens (tertiary/aromatic N) is 1. The van der Waals surface area contributed by atoms with Gasteiger partial charge in [0.1, 0.15) is 0 Å². The minimum atomic E-state index is 1.03. The van der Waals surface area contributed by atoms with Crippen LogP contribution in [0.1, 0.15) is 12.8 Å². The molecule has 110 valence electrons. The Hall–Kier alpha value is -1.32. The van der Waals surface area contributed by atoms with Crippen LogP contribution in [-0.4, -0.2) is 31.1 Å². The summed E-state index contributed by atoms with van der Waals surface area (Å²) in [6.45, 7) is 4.71. The van der Waals surface area contributed by atoms with E-state index in [1.807, 2.05) is 0 Å². The van der Waals surface area contributed by atoms with Crippen molar-refractivity contribution in [3.8, 4) is 11.1 Å². The summed E-state index contributed by atoms with van der Waals surface area (Å²) in [5.41, 5.74) is 3.71. The molecule has 0 aliphatic carbocycles. The maximum atomic E-state index is 3.51. The third-order valence-corrected chi connectivity index (χ3v) is 4.55. The molecule has 1 saturated heterocycles. The zero-order valence-corrected chi connectivity index (χ0v) is 13.8. The van der Waals surface area contributed by atoms with Crippen LogP contribution < -0.4 is 5.32 Å². The Morgan fingerprint density at radius 1 is 0.857 bits per heavy atom. The lowest BCUT2D eigenvalue weighted by Gasteiger charge is -2.15. The largest absolute Gasteiger partial charge is 0.384 e. The molecule has 1 heterocycles. The van der Waals surface area contributed by atoms with Gasteiger partial charge in [0, 0.05) is 23.2 Å². The van der Waals surface area contributed by atoms with Gasteiger partial charge in [-0.25, -0.2) is 0 Å². The molecule has 2 nitrogen and oxygen atoms in total. The highest BCUT2D eigenvalue weighted by Crippen LogP contribution is 2.23. The summed E-state index contributed by atoms with van der Waals surface area (Å²) in [5, 5.41) is 3.51. The van der Waals surface area contributed by atoms with E-state index in [9.17, 15) is 0 Å². The van der Waals surface area contributed by atoms with Gasteiger partial charge in [-0.15, -0.1) is 0 Å². The average Bonchev–Trinajstić information content (AvgIpc) is 3.02. The van der Waals surface area contributed by atoms with Gasteiger partial charge in [-0.05, 0) is 61.3 Å². The van der Waals surface area contributed by atoms with Crippen LogP contribution in [0.2, 0.25) is 0 Å². The van der Waals surface area contributed by atoms with Crippen LogP contribution in [-0.2, 0) is 0 Å². The van der Waals surface area contributed by atoms with Gasteiger partial charge in [0.25, 0.3) is 0 Å². The SMILES string of the molecule is Brc1ccc(-c2ccc(NCCN3CCCC3)cc2)cc1. The maximum absolute atomic E-state index is 3.51. The van der Waals surface area contributed by atoms with E-state index in [2.05, 4.69) is 74.7 Å². The minimum absolute atomic E-state index is 1.03. The summed E-state index contributed by atoms with van der Waals surface area (Å²) >= 11 is 3.47. The van der Waals surface area contributed by atoms with E-state index in [0.717, 1.165) is 17.6 Å². The number of benzene rings is 2. The zero-order valence-electron chi connectivity index (χ0n) is 12.2. The second-order valence-electron chi connectivity index (χ2n) is 5.56. The van der Waals surface area contributed by atoms with Gasteiger partial charge in [-0.2, -0.15) is 0 Å². The van der Waals surface area contributed by atoms with Crippen LogP contribution in [0.3, 0.4) is 0 Å². The van der Waals surface area contributed by atoms with Gasteiger partial charge in [0.15, 0.2) is 0 Å². The Morgan fingerprint density at radius 2 is 1.43 bits per heavy atom. The van der Waals surface area contributed by atoms with E-state index in [1.54, 1.807) is 0 Å². The van der Waals surface area contributed by atoms with Crippen molar-refractivity contribution >= 4 is 21.6 Å². The summed E-state index contributed by atoms with van der Waals surface area (Å²) < 4.78 is 1.12. The second-order valence-corrected chi connectivity index (χ2v) is 6.48. The first-order chi connectivity index (χ1) is 10.3. The van der Waals surface area contributed by atoms with Gasteiger partial charge in [-0.1, -0.05) is 40.2 Å². The Labute approximate surface area is 135 Å². The molecular weight excluding hydrogens is 324 g/mol. The molecule has 1 aliphatic rings. The van der Waals surface area contributed by atoms with E-state index < -0.39 is 0 Å². The topological polar surface area (TPSA) is 15.3 Å². The molecule has 2 aromatic rings. The fourth-order valence-electron chi connectivity index (χ4n) is 2.79. The van der Waals surface area contributed by atoms with Gasteiger partial charge in [0.05, 0.1) is 0 Å². The molecule has 0 atom stereocenters. The standard InChI is InChI=1S/C18H21BrN2/c19-17-7-3-15(4-8-17)16-5-9-18(10-6-16)20-11-14-21-12-1-2-13-21/h3-10,20H,1-2,11-14H2. The molecular formula is C18H21BrN2. The molecule has 0 bridgehead atoms. The van der Waals surface area contributed by atoms with Crippen LogP contribution in [0.5, 0.6) is 0 Å². The second kappa shape index (κ2) is 7.10. The van der Waals surface area contributed by atoms with E-state index in [4.69, 9.17) is 0 Å². The first-order valence-electron chi connectivity index (χ1n) is 7.63. The number of halogens is 1. The van der Waals surface area contributed by atoms with Crippen LogP contribution >= 0.6 is 15.9 Å². The lowest BCUT2D eigenvalue weighted by atomic mass is 10.1. The molecule has 1 N–H and O–H groups in total. The number of rotatable bonds is 5. The predicted octanol–water partition coefficient (Wildman–Crippen LogP) is 4.62. The molecule has 0 unspecified atom stereocenters. The third-order valence-electron chi connectivity index (χ3n) is 4.02. The van der Waals surface area contributed by atoms with Crippen molar-refractivity contribution in [2.75, 3.05) is 31.5 Å². The monoisotopic (exact) mass is 344 g/mol. The van der Waals surface area contributed by atoms with Crippen molar-refractivity contribution in [1.82, 2.24) is 4.90 Å². The first kappa shape index (κ1) is 14.6. The minimum Gasteiger partial charge on any atom is -0.384 e. The predicted molar refractivity (Wildman–Crippen MR) is 93.7 cm³/mol. The first-order valence-corrected chi connectivity index (χ1v) is 8.43. The van der Waals surface area contributed by atoms with E-state index in [0.29, 0.717) is 0 Å². The summed E-state index contributed by atoms with van der Waals surface area (Å²) in [7, 11) is 0. The van der Waals surface area contributed by atoms with Crippen molar-refractivity contribution in [2.45, 2.75) is 12.8 Å². The molecule has 1 fully saturated rings. The Morgan fingerprint density at radius 3 is 2.05 bits per heavy atom. The Kier molecular flexibility index (Phi) is 4.94. The number of nitrogens with one attached hydrogen (secondary N) is 1. The van der Waals surface area contributed by atoms with Crippen molar-refractivity contribution in [3.05, 3.63) is 53.0 Å². The lowest BCUT2D eigenvalue weighted by molar-refractivity contribution is 0.352. The van der Waals surface area contributed by atoms with Gasteiger partial charge < -0.3 is 10.2 Å². The normalized spacial score (nSPS) is 15.3. The van der Waals surface area contributed by atoms with Crippen LogP contribution in [0.4, 0.5) is 5.69 Å². The summed E-state index contributed by atoms with van der Waals surface area (Å²) in [4.78, 5) is 2.53. The van der Waals surface area contributed by atoms with Gasteiger partial charge in [0.2, 0.25) is 0 Å². The lowest BCUT2D eigenvalue weighted by Crippen LogP contribution is -2.25. The molecule has 3 rings (SSSR count). The number of anilines is 1.